The lowest BCUT2D eigenvalue weighted by molar-refractivity contribution is -0.154. The van der Waals surface area contributed by atoms with Crippen LogP contribution in [-0.2, 0) is 11.2 Å². The van der Waals surface area contributed by atoms with Crippen LogP contribution in [0.25, 0.3) is 11.1 Å². The van der Waals surface area contributed by atoms with Crippen LogP contribution in [0, 0.1) is 5.41 Å². The van der Waals surface area contributed by atoms with Crippen molar-refractivity contribution in [3.63, 3.8) is 0 Å². The van der Waals surface area contributed by atoms with E-state index in [4.69, 9.17) is 5.21 Å². The second-order valence-corrected chi connectivity index (χ2v) is 6.90. The van der Waals surface area contributed by atoms with Crippen LogP contribution in [0.1, 0.15) is 46.6 Å². The van der Waals surface area contributed by atoms with E-state index in [0.29, 0.717) is 12.8 Å². The van der Waals surface area contributed by atoms with Crippen LogP contribution in [0.5, 0.6) is 0 Å². The van der Waals surface area contributed by atoms with Gasteiger partial charge >= 0.3 is 0 Å². The van der Waals surface area contributed by atoms with Crippen LogP contribution >= 0.6 is 0 Å². The SMILES string of the molecule is CC.CC(C)(O)C(C)(CCc1ccc(-c2ccccc2)cc1)C(=O)NO. The third-order valence-electron chi connectivity index (χ3n) is 4.93. The van der Waals surface area contributed by atoms with Gasteiger partial charge in [0.25, 0.3) is 5.91 Å². The fourth-order valence-electron chi connectivity index (χ4n) is 2.71. The normalized spacial score (nSPS) is 13.2. The number of hydroxylamine groups is 1. The van der Waals surface area contributed by atoms with E-state index in [2.05, 4.69) is 24.3 Å². The maximum atomic E-state index is 12.0. The number of benzene rings is 2. The first-order valence-corrected chi connectivity index (χ1v) is 9.09. The molecule has 142 valence electrons. The van der Waals surface area contributed by atoms with Crippen LogP contribution in [-0.4, -0.2) is 21.8 Å². The highest BCUT2D eigenvalue weighted by Crippen LogP contribution is 2.36. The number of rotatable bonds is 6. The van der Waals surface area contributed by atoms with Crippen LogP contribution in [0.15, 0.2) is 54.6 Å². The summed E-state index contributed by atoms with van der Waals surface area (Å²) in [5, 5.41) is 19.3. The van der Waals surface area contributed by atoms with Gasteiger partial charge in [0.2, 0.25) is 0 Å². The summed E-state index contributed by atoms with van der Waals surface area (Å²) in [5.74, 6) is -0.573. The van der Waals surface area contributed by atoms with E-state index in [0.717, 1.165) is 16.7 Å². The Balaban J connectivity index is 0.00000163. The van der Waals surface area contributed by atoms with Gasteiger partial charge in [-0.05, 0) is 50.3 Å². The Morgan fingerprint density at radius 2 is 1.42 bits per heavy atom. The lowest BCUT2D eigenvalue weighted by Gasteiger charge is -2.38. The molecule has 0 radical (unpaired) electrons. The average Bonchev–Trinajstić information content (AvgIpc) is 2.67. The molecular weight excluding hydrogens is 326 g/mol. The highest BCUT2D eigenvalue weighted by molar-refractivity contribution is 5.82. The second kappa shape index (κ2) is 9.51. The maximum Gasteiger partial charge on any atom is 0.252 e. The van der Waals surface area contributed by atoms with E-state index in [1.165, 1.54) is 0 Å². The highest BCUT2D eigenvalue weighted by atomic mass is 16.5. The molecule has 0 saturated heterocycles. The molecule has 2 rings (SSSR count). The Morgan fingerprint density at radius 3 is 1.88 bits per heavy atom. The predicted octanol–water partition coefficient (Wildman–Crippen LogP) is 4.60. The summed E-state index contributed by atoms with van der Waals surface area (Å²) in [6, 6.07) is 18.3. The molecule has 0 aliphatic carbocycles. The number of aliphatic hydroxyl groups is 1. The first kappa shape index (κ1) is 21.9. The molecule has 0 heterocycles. The Labute approximate surface area is 156 Å². The quantitative estimate of drug-likeness (QED) is 0.523. The summed E-state index contributed by atoms with van der Waals surface area (Å²) in [7, 11) is 0. The molecule has 1 unspecified atom stereocenters. The van der Waals surface area contributed by atoms with Crippen molar-refractivity contribution in [2.24, 2.45) is 5.41 Å². The minimum absolute atomic E-state index is 0.424. The number of hydrogen-bond acceptors (Lipinski definition) is 3. The fourth-order valence-corrected chi connectivity index (χ4v) is 2.71. The van der Waals surface area contributed by atoms with E-state index in [-0.39, 0.29) is 0 Å². The molecule has 0 aliphatic rings. The Morgan fingerprint density at radius 1 is 0.923 bits per heavy atom. The molecule has 4 heteroatoms. The summed E-state index contributed by atoms with van der Waals surface area (Å²) in [5.41, 5.74) is 2.72. The minimum atomic E-state index is -1.25. The zero-order valence-electron chi connectivity index (χ0n) is 16.4. The largest absolute Gasteiger partial charge is 0.389 e. The lowest BCUT2D eigenvalue weighted by atomic mass is 9.71. The van der Waals surface area contributed by atoms with Crippen molar-refractivity contribution >= 4 is 5.91 Å². The van der Waals surface area contributed by atoms with Gasteiger partial charge in [0.1, 0.15) is 0 Å². The van der Waals surface area contributed by atoms with E-state index in [9.17, 15) is 9.90 Å². The van der Waals surface area contributed by atoms with Crippen molar-refractivity contribution in [3.8, 4) is 11.1 Å². The number of nitrogens with one attached hydrogen (secondary N) is 1. The van der Waals surface area contributed by atoms with Gasteiger partial charge in [0, 0.05) is 0 Å². The summed E-state index contributed by atoms with van der Waals surface area (Å²) >= 11 is 0. The first-order valence-electron chi connectivity index (χ1n) is 9.09. The second-order valence-electron chi connectivity index (χ2n) is 6.90. The molecule has 2 aromatic carbocycles. The molecule has 3 N–H and O–H groups in total. The van der Waals surface area contributed by atoms with Crippen molar-refractivity contribution in [3.05, 3.63) is 60.2 Å². The van der Waals surface area contributed by atoms with Crippen molar-refractivity contribution < 1.29 is 15.1 Å². The Kier molecular flexibility index (Phi) is 8.00. The van der Waals surface area contributed by atoms with E-state index in [1.54, 1.807) is 26.3 Å². The molecule has 4 nitrogen and oxygen atoms in total. The van der Waals surface area contributed by atoms with Gasteiger partial charge in [-0.25, -0.2) is 5.48 Å². The number of amides is 1. The van der Waals surface area contributed by atoms with Gasteiger partial charge in [0.15, 0.2) is 0 Å². The molecule has 2 aromatic rings. The van der Waals surface area contributed by atoms with Crippen LogP contribution < -0.4 is 5.48 Å². The summed E-state index contributed by atoms with van der Waals surface area (Å²) in [6.45, 7) is 8.83. The average molecular weight is 357 g/mol. The molecule has 0 spiro atoms. The smallest absolute Gasteiger partial charge is 0.252 e. The lowest BCUT2D eigenvalue weighted by Crippen LogP contribution is -2.51. The third kappa shape index (κ3) is 5.16. The monoisotopic (exact) mass is 357 g/mol. The van der Waals surface area contributed by atoms with Crippen molar-refractivity contribution in [2.75, 3.05) is 0 Å². The van der Waals surface area contributed by atoms with Gasteiger partial charge in [-0.2, -0.15) is 0 Å². The maximum absolute atomic E-state index is 12.0. The van der Waals surface area contributed by atoms with Crippen LogP contribution in [0.4, 0.5) is 0 Å². The molecule has 0 saturated carbocycles. The zero-order valence-corrected chi connectivity index (χ0v) is 16.4. The molecule has 1 amide bonds. The standard InChI is InChI=1S/C20H25NO3.C2H6/c1-19(2,23)20(3,18(22)21-24)14-13-15-9-11-17(12-10-15)16-7-5-4-6-8-16;1-2/h4-12,23-24H,13-14H2,1-3H3,(H,21,22);1-2H3. The summed E-state index contributed by atoms with van der Waals surface area (Å²) < 4.78 is 0. The van der Waals surface area contributed by atoms with E-state index >= 15 is 0 Å². The van der Waals surface area contributed by atoms with Crippen molar-refractivity contribution in [2.45, 2.75) is 53.1 Å². The van der Waals surface area contributed by atoms with Gasteiger partial charge in [0.05, 0.1) is 11.0 Å². The van der Waals surface area contributed by atoms with Gasteiger partial charge in [-0.15, -0.1) is 0 Å². The van der Waals surface area contributed by atoms with Gasteiger partial charge in [-0.3, -0.25) is 10.0 Å². The molecular formula is C22H31NO3. The summed E-state index contributed by atoms with van der Waals surface area (Å²) in [6.07, 6.45) is 1.05. The summed E-state index contributed by atoms with van der Waals surface area (Å²) in [4.78, 5) is 12.0. The highest BCUT2D eigenvalue weighted by Gasteiger charge is 2.45. The van der Waals surface area contributed by atoms with Crippen LogP contribution in [0.2, 0.25) is 0 Å². The molecule has 0 fully saturated rings. The molecule has 0 bridgehead atoms. The van der Waals surface area contributed by atoms with Gasteiger partial charge in [-0.1, -0.05) is 68.4 Å². The number of carbonyl (C=O) groups excluding carboxylic acids is 1. The van der Waals surface area contributed by atoms with Gasteiger partial charge < -0.3 is 5.11 Å². The van der Waals surface area contributed by atoms with E-state index < -0.39 is 16.9 Å². The van der Waals surface area contributed by atoms with E-state index in [1.807, 2.05) is 44.2 Å². The number of hydrogen-bond donors (Lipinski definition) is 3. The minimum Gasteiger partial charge on any atom is -0.389 e. The predicted molar refractivity (Wildman–Crippen MR) is 106 cm³/mol. The topological polar surface area (TPSA) is 69.6 Å². The van der Waals surface area contributed by atoms with Crippen molar-refractivity contribution in [1.82, 2.24) is 5.48 Å². The molecule has 0 aliphatic heterocycles. The third-order valence-corrected chi connectivity index (χ3v) is 4.93. The van der Waals surface area contributed by atoms with Crippen LogP contribution in [0.3, 0.4) is 0 Å². The first-order chi connectivity index (χ1) is 12.3. The Hall–Kier alpha value is -2.17. The fraction of sp³-hybridized carbons (Fsp3) is 0.409. The zero-order chi connectivity index (χ0) is 19.8. The molecule has 26 heavy (non-hydrogen) atoms. The molecule has 0 aromatic heterocycles. The molecule has 1 atom stereocenters. The van der Waals surface area contributed by atoms with Crippen molar-refractivity contribution in [1.29, 1.82) is 0 Å². The number of carbonyl (C=O) groups is 1. The number of aryl methyl sites for hydroxylation is 1. The Bertz CT molecular complexity index is 675.